The molecule has 4 aromatic carbocycles. The SMILES string of the molecule is COc1cc2c(Oc3ccc(NC(=O)c4nc5ccccc5n(-c5ccccc5F)c4=O)cc3F)ccnc2cc1OCCCN1CCCCC1. The van der Waals surface area contributed by atoms with Gasteiger partial charge in [-0.1, -0.05) is 30.7 Å². The molecule has 0 atom stereocenters. The first-order valence-electron chi connectivity index (χ1n) is 16.8. The van der Waals surface area contributed by atoms with E-state index >= 15 is 4.39 Å². The minimum absolute atomic E-state index is 0.0315. The lowest BCUT2D eigenvalue weighted by molar-refractivity contribution is 0.102. The zero-order valence-electron chi connectivity index (χ0n) is 27.9. The second kappa shape index (κ2) is 14.9. The molecule has 0 bridgehead atoms. The van der Waals surface area contributed by atoms with Crippen LogP contribution in [0.15, 0.2) is 95.9 Å². The van der Waals surface area contributed by atoms with Gasteiger partial charge in [-0.15, -0.1) is 0 Å². The lowest BCUT2D eigenvalue weighted by Crippen LogP contribution is -2.31. The number of nitrogens with one attached hydrogen (secondary N) is 1. The first-order chi connectivity index (χ1) is 24.9. The number of fused-ring (bicyclic) bond motifs is 2. The van der Waals surface area contributed by atoms with Crippen LogP contribution in [0.25, 0.3) is 27.6 Å². The van der Waals surface area contributed by atoms with Crippen LogP contribution in [0, 0.1) is 11.6 Å². The van der Waals surface area contributed by atoms with E-state index in [0.29, 0.717) is 45.8 Å². The van der Waals surface area contributed by atoms with Crippen LogP contribution in [0.1, 0.15) is 36.2 Å². The molecule has 10 nitrogen and oxygen atoms in total. The number of ether oxygens (including phenoxy) is 3. The van der Waals surface area contributed by atoms with E-state index in [1.807, 2.05) is 0 Å². The first-order valence-corrected chi connectivity index (χ1v) is 16.8. The van der Waals surface area contributed by atoms with Crippen molar-refractivity contribution in [2.75, 3.05) is 38.7 Å². The number of nitrogens with zero attached hydrogens (tertiary/aromatic N) is 4. The highest BCUT2D eigenvalue weighted by Gasteiger charge is 2.21. The number of hydrogen-bond acceptors (Lipinski definition) is 8. The summed E-state index contributed by atoms with van der Waals surface area (Å²) < 4.78 is 49.0. The largest absolute Gasteiger partial charge is 0.493 e. The summed E-state index contributed by atoms with van der Waals surface area (Å²) in [6.45, 7) is 3.78. The molecule has 1 saturated heterocycles. The molecule has 3 heterocycles. The number of amides is 1. The van der Waals surface area contributed by atoms with E-state index in [-0.39, 0.29) is 17.1 Å². The van der Waals surface area contributed by atoms with Crippen molar-refractivity contribution in [1.82, 2.24) is 19.4 Å². The molecule has 51 heavy (non-hydrogen) atoms. The zero-order chi connectivity index (χ0) is 35.3. The molecule has 1 N–H and O–H groups in total. The molecule has 1 aliphatic heterocycles. The van der Waals surface area contributed by atoms with Gasteiger partial charge in [0, 0.05) is 35.9 Å². The predicted molar refractivity (Wildman–Crippen MR) is 190 cm³/mol. The summed E-state index contributed by atoms with van der Waals surface area (Å²) in [6, 6.07) is 21.3. The van der Waals surface area contributed by atoms with Gasteiger partial charge in [0.1, 0.15) is 11.6 Å². The fourth-order valence-corrected chi connectivity index (χ4v) is 6.26. The van der Waals surface area contributed by atoms with Gasteiger partial charge in [-0.05, 0) is 80.9 Å². The maximum absolute atomic E-state index is 15.5. The van der Waals surface area contributed by atoms with Crippen molar-refractivity contribution in [2.45, 2.75) is 25.7 Å². The molecule has 7 rings (SSSR count). The standard InChI is InChI=1S/C39H35F2N5O5/c1-49-35-23-26-30(24-36(35)50-21-9-20-45-18-7-2-8-19-45)42-17-16-33(26)51-34-15-14-25(22-28(34)41)43-38(47)37-39(48)46(31-12-5-3-10-27(31)40)32-13-6-4-11-29(32)44-37/h3-6,10-17,22-24H,2,7-9,18-21H2,1H3,(H,43,47). The van der Waals surface area contributed by atoms with Gasteiger partial charge < -0.3 is 24.4 Å². The smallest absolute Gasteiger partial charge is 0.287 e. The van der Waals surface area contributed by atoms with Gasteiger partial charge in [-0.2, -0.15) is 0 Å². The fraction of sp³-hybridized carbons (Fsp3) is 0.231. The Morgan fingerprint density at radius 2 is 1.65 bits per heavy atom. The van der Waals surface area contributed by atoms with Crippen molar-refractivity contribution in [2.24, 2.45) is 0 Å². The third-order valence-corrected chi connectivity index (χ3v) is 8.79. The molecule has 0 unspecified atom stereocenters. The number of rotatable bonds is 11. The lowest BCUT2D eigenvalue weighted by atomic mass is 10.1. The number of halogens is 2. The van der Waals surface area contributed by atoms with E-state index in [4.69, 9.17) is 14.2 Å². The number of carbonyl (C=O) groups excluding carboxylic acids is 1. The number of methoxy groups -OCH3 is 1. The molecule has 0 saturated carbocycles. The second-order valence-corrected chi connectivity index (χ2v) is 12.2. The third kappa shape index (κ3) is 7.22. The van der Waals surface area contributed by atoms with Crippen LogP contribution in [0.4, 0.5) is 14.5 Å². The van der Waals surface area contributed by atoms with Crippen LogP contribution in [0.2, 0.25) is 0 Å². The molecule has 1 fully saturated rings. The third-order valence-electron chi connectivity index (χ3n) is 8.79. The average molecular weight is 692 g/mol. The van der Waals surface area contributed by atoms with E-state index in [9.17, 15) is 14.0 Å². The summed E-state index contributed by atoms with van der Waals surface area (Å²) in [5.41, 5.74) is -0.0930. The van der Waals surface area contributed by atoms with E-state index in [1.165, 1.54) is 49.6 Å². The molecule has 260 valence electrons. The van der Waals surface area contributed by atoms with Crippen LogP contribution >= 0.6 is 0 Å². The second-order valence-electron chi connectivity index (χ2n) is 12.2. The highest BCUT2D eigenvalue weighted by atomic mass is 19.1. The number of carbonyl (C=O) groups is 1. The zero-order valence-corrected chi connectivity index (χ0v) is 27.9. The predicted octanol–water partition coefficient (Wildman–Crippen LogP) is 7.52. The molecule has 0 spiro atoms. The van der Waals surface area contributed by atoms with E-state index in [1.54, 1.807) is 61.8 Å². The number of benzene rings is 4. The summed E-state index contributed by atoms with van der Waals surface area (Å²) in [4.78, 5) is 38.1. The summed E-state index contributed by atoms with van der Waals surface area (Å²) in [7, 11) is 1.55. The van der Waals surface area contributed by atoms with Gasteiger partial charge in [0.15, 0.2) is 28.8 Å². The summed E-state index contributed by atoms with van der Waals surface area (Å²) in [5.74, 6) is -1.03. The Bertz CT molecular complexity index is 2290. The number of likely N-dealkylation sites (tertiary alicyclic amines) is 1. The van der Waals surface area contributed by atoms with Crippen molar-refractivity contribution in [1.29, 1.82) is 0 Å². The summed E-state index contributed by atoms with van der Waals surface area (Å²) in [5, 5.41) is 3.12. The van der Waals surface area contributed by atoms with Crippen LogP contribution < -0.4 is 25.1 Å². The normalized spacial score (nSPS) is 13.3. The fourth-order valence-electron chi connectivity index (χ4n) is 6.26. The molecular weight excluding hydrogens is 656 g/mol. The van der Waals surface area contributed by atoms with E-state index in [0.717, 1.165) is 36.7 Å². The van der Waals surface area contributed by atoms with Crippen LogP contribution in [0.3, 0.4) is 0 Å². The molecular formula is C39H35F2N5O5. The number of pyridine rings is 1. The molecule has 0 aliphatic carbocycles. The van der Waals surface area contributed by atoms with Gasteiger partial charge in [-0.3, -0.25) is 19.1 Å². The Kier molecular flexibility index (Phi) is 9.84. The van der Waals surface area contributed by atoms with Crippen molar-refractivity contribution in [3.8, 4) is 28.7 Å². The first kappa shape index (κ1) is 33.6. The molecule has 1 amide bonds. The number of anilines is 1. The molecule has 0 radical (unpaired) electrons. The minimum Gasteiger partial charge on any atom is -0.493 e. The topological polar surface area (TPSA) is 108 Å². The lowest BCUT2D eigenvalue weighted by Gasteiger charge is -2.26. The number of aromatic nitrogens is 3. The van der Waals surface area contributed by atoms with Gasteiger partial charge in [0.25, 0.3) is 11.5 Å². The van der Waals surface area contributed by atoms with Gasteiger partial charge in [-0.25, -0.2) is 13.8 Å². The van der Waals surface area contributed by atoms with Crippen LogP contribution in [-0.2, 0) is 0 Å². The van der Waals surface area contributed by atoms with Gasteiger partial charge >= 0.3 is 0 Å². The molecule has 2 aromatic heterocycles. The van der Waals surface area contributed by atoms with Crippen molar-refractivity contribution in [3.05, 3.63) is 119 Å². The van der Waals surface area contributed by atoms with E-state index < -0.39 is 28.8 Å². The van der Waals surface area contributed by atoms with E-state index in [2.05, 4.69) is 20.2 Å². The molecule has 6 aromatic rings. The summed E-state index contributed by atoms with van der Waals surface area (Å²) >= 11 is 0. The Hall–Kier alpha value is -5.88. The Balaban J connectivity index is 1.09. The van der Waals surface area contributed by atoms with Gasteiger partial charge in [0.2, 0.25) is 0 Å². The molecule has 12 heteroatoms. The van der Waals surface area contributed by atoms with Crippen LogP contribution in [-0.4, -0.2) is 58.7 Å². The minimum atomic E-state index is -0.888. The number of hydrogen-bond donors (Lipinski definition) is 1. The van der Waals surface area contributed by atoms with Crippen molar-refractivity contribution < 1.29 is 27.8 Å². The van der Waals surface area contributed by atoms with Gasteiger partial charge in [0.05, 0.1) is 36.0 Å². The summed E-state index contributed by atoms with van der Waals surface area (Å²) in [6.07, 6.45) is 6.23. The number of para-hydroxylation sites is 3. The van der Waals surface area contributed by atoms with Crippen LogP contribution in [0.5, 0.6) is 23.0 Å². The quantitative estimate of drug-likeness (QED) is 0.139. The highest BCUT2D eigenvalue weighted by Crippen LogP contribution is 2.38. The Morgan fingerprint density at radius 3 is 2.45 bits per heavy atom. The maximum Gasteiger partial charge on any atom is 0.287 e. The molecule has 1 aliphatic rings. The monoisotopic (exact) mass is 691 g/mol. The maximum atomic E-state index is 15.5. The Labute approximate surface area is 292 Å². The van der Waals surface area contributed by atoms with Crippen molar-refractivity contribution >= 4 is 33.5 Å². The number of piperidine rings is 1. The average Bonchev–Trinajstić information content (AvgIpc) is 3.15. The Morgan fingerprint density at radius 1 is 0.843 bits per heavy atom. The van der Waals surface area contributed by atoms with Crippen molar-refractivity contribution in [3.63, 3.8) is 0 Å². The highest BCUT2D eigenvalue weighted by molar-refractivity contribution is 6.03.